The summed E-state index contributed by atoms with van der Waals surface area (Å²) in [6.45, 7) is 3.04. The van der Waals surface area contributed by atoms with Gasteiger partial charge in [0.1, 0.15) is 5.75 Å². The highest BCUT2D eigenvalue weighted by molar-refractivity contribution is 6.17. The average molecular weight is 228 g/mol. The minimum atomic E-state index is 0.564. The highest BCUT2D eigenvalue weighted by atomic mass is 35.5. The standard InChI is InChI=1S/C12H18ClNO/c1-10-4-5-12(15-3)11(8-10)6-7-14(2)9-13/h4-5,8H,6-7,9H2,1-3H3. The Morgan fingerprint density at radius 2 is 2.13 bits per heavy atom. The van der Waals surface area contributed by atoms with Crippen LogP contribution in [-0.4, -0.2) is 31.6 Å². The number of alkyl halides is 1. The smallest absolute Gasteiger partial charge is 0.122 e. The molecule has 0 radical (unpaired) electrons. The lowest BCUT2D eigenvalue weighted by molar-refractivity contribution is 0.381. The molecule has 0 aliphatic carbocycles. The van der Waals surface area contributed by atoms with E-state index in [0.717, 1.165) is 18.7 Å². The molecule has 2 nitrogen and oxygen atoms in total. The zero-order chi connectivity index (χ0) is 11.3. The second-order valence-corrected chi connectivity index (χ2v) is 4.00. The molecule has 0 unspecified atom stereocenters. The van der Waals surface area contributed by atoms with Gasteiger partial charge in [-0.25, -0.2) is 0 Å². The van der Waals surface area contributed by atoms with Crippen LogP contribution in [0.2, 0.25) is 0 Å². The van der Waals surface area contributed by atoms with Crippen LogP contribution in [-0.2, 0) is 6.42 Å². The summed E-state index contributed by atoms with van der Waals surface area (Å²) in [5.74, 6) is 0.962. The van der Waals surface area contributed by atoms with Crippen molar-refractivity contribution in [3.63, 3.8) is 0 Å². The molecular formula is C12H18ClNO. The van der Waals surface area contributed by atoms with Crippen molar-refractivity contribution in [3.8, 4) is 5.75 Å². The number of halogens is 1. The lowest BCUT2D eigenvalue weighted by atomic mass is 10.1. The maximum atomic E-state index is 5.72. The van der Waals surface area contributed by atoms with Crippen molar-refractivity contribution in [1.29, 1.82) is 0 Å². The topological polar surface area (TPSA) is 12.5 Å². The van der Waals surface area contributed by atoms with Gasteiger partial charge in [0, 0.05) is 6.54 Å². The molecule has 0 bridgehead atoms. The molecule has 0 N–H and O–H groups in total. The van der Waals surface area contributed by atoms with E-state index in [1.54, 1.807) is 7.11 Å². The van der Waals surface area contributed by atoms with Gasteiger partial charge in [0.25, 0.3) is 0 Å². The first-order chi connectivity index (χ1) is 7.17. The van der Waals surface area contributed by atoms with Crippen molar-refractivity contribution in [2.75, 3.05) is 26.7 Å². The van der Waals surface area contributed by atoms with Crippen molar-refractivity contribution in [2.24, 2.45) is 0 Å². The number of nitrogens with zero attached hydrogens (tertiary/aromatic N) is 1. The van der Waals surface area contributed by atoms with Gasteiger partial charge in [-0.2, -0.15) is 0 Å². The molecule has 0 aliphatic rings. The van der Waals surface area contributed by atoms with Gasteiger partial charge in [-0.3, -0.25) is 4.90 Å². The Morgan fingerprint density at radius 3 is 2.73 bits per heavy atom. The van der Waals surface area contributed by atoms with E-state index < -0.39 is 0 Å². The van der Waals surface area contributed by atoms with Gasteiger partial charge in [-0.15, -0.1) is 11.6 Å². The lowest BCUT2D eigenvalue weighted by Gasteiger charge is -2.14. The molecule has 0 fully saturated rings. The Morgan fingerprint density at radius 1 is 1.40 bits per heavy atom. The second kappa shape index (κ2) is 5.99. The number of rotatable bonds is 5. The predicted octanol–water partition coefficient (Wildman–Crippen LogP) is 2.67. The van der Waals surface area contributed by atoms with Crippen molar-refractivity contribution in [2.45, 2.75) is 13.3 Å². The van der Waals surface area contributed by atoms with Crippen LogP contribution >= 0.6 is 11.6 Å². The van der Waals surface area contributed by atoms with Crippen LogP contribution in [0.3, 0.4) is 0 Å². The number of hydrogen-bond acceptors (Lipinski definition) is 2. The number of benzene rings is 1. The van der Waals surface area contributed by atoms with E-state index in [1.807, 2.05) is 13.1 Å². The molecule has 0 atom stereocenters. The summed E-state index contributed by atoms with van der Waals surface area (Å²) in [4.78, 5) is 2.07. The molecule has 15 heavy (non-hydrogen) atoms. The van der Waals surface area contributed by atoms with Crippen LogP contribution in [0.4, 0.5) is 0 Å². The number of likely N-dealkylation sites (N-methyl/N-ethyl adjacent to an activating group) is 1. The third-order valence-corrected chi connectivity index (χ3v) is 2.81. The molecule has 0 aromatic heterocycles. The largest absolute Gasteiger partial charge is 0.496 e. The molecule has 1 aromatic carbocycles. The first-order valence-electron chi connectivity index (χ1n) is 5.05. The summed E-state index contributed by atoms with van der Waals surface area (Å²) in [6.07, 6.45) is 0.966. The van der Waals surface area contributed by atoms with Crippen LogP contribution in [0.25, 0.3) is 0 Å². The molecule has 1 rings (SSSR count). The SMILES string of the molecule is COc1ccc(C)cc1CCN(C)CCl. The lowest BCUT2D eigenvalue weighted by Crippen LogP contribution is -2.19. The minimum Gasteiger partial charge on any atom is -0.496 e. The molecule has 1 aromatic rings. The highest BCUT2D eigenvalue weighted by Crippen LogP contribution is 2.20. The number of ether oxygens (including phenoxy) is 1. The highest BCUT2D eigenvalue weighted by Gasteiger charge is 2.04. The third kappa shape index (κ3) is 3.73. The number of methoxy groups -OCH3 is 1. The summed E-state index contributed by atoms with van der Waals surface area (Å²) in [7, 11) is 3.72. The van der Waals surface area contributed by atoms with Crippen molar-refractivity contribution in [1.82, 2.24) is 4.90 Å². The van der Waals surface area contributed by atoms with Crippen molar-refractivity contribution in [3.05, 3.63) is 29.3 Å². The number of aryl methyl sites for hydroxylation is 1. The van der Waals surface area contributed by atoms with Crippen molar-refractivity contribution < 1.29 is 4.74 Å². The minimum absolute atomic E-state index is 0.564. The van der Waals surface area contributed by atoms with Gasteiger partial charge in [0.2, 0.25) is 0 Å². The predicted molar refractivity (Wildman–Crippen MR) is 64.8 cm³/mol. The average Bonchev–Trinajstić information content (AvgIpc) is 2.26. The Bertz CT molecular complexity index is 314. The Hall–Kier alpha value is -0.730. The van der Waals surface area contributed by atoms with E-state index in [2.05, 4.69) is 24.0 Å². The Balaban J connectivity index is 2.69. The fourth-order valence-corrected chi connectivity index (χ4v) is 1.59. The first kappa shape index (κ1) is 12.3. The Labute approximate surface area is 96.8 Å². The summed E-state index contributed by atoms with van der Waals surface area (Å²) in [6, 6.07) is 6.81. The molecule has 0 saturated heterocycles. The molecule has 0 aliphatic heterocycles. The van der Waals surface area contributed by atoms with Crippen LogP contribution < -0.4 is 4.74 Å². The molecule has 3 heteroatoms. The van der Waals surface area contributed by atoms with Gasteiger partial charge >= 0.3 is 0 Å². The monoisotopic (exact) mass is 227 g/mol. The molecular weight excluding hydrogens is 210 g/mol. The zero-order valence-corrected chi connectivity index (χ0v) is 10.3. The zero-order valence-electron chi connectivity index (χ0n) is 9.59. The molecule has 84 valence electrons. The van der Waals surface area contributed by atoms with Gasteiger partial charge < -0.3 is 4.74 Å². The quantitative estimate of drug-likeness (QED) is 0.567. The maximum Gasteiger partial charge on any atom is 0.122 e. The van der Waals surface area contributed by atoms with Crippen LogP contribution in [0, 0.1) is 6.92 Å². The van der Waals surface area contributed by atoms with E-state index in [4.69, 9.17) is 16.3 Å². The second-order valence-electron chi connectivity index (χ2n) is 3.76. The third-order valence-electron chi connectivity index (χ3n) is 2.40. The summed E-state index contributed by atoms with van der Waals surface area (Å²) < 4.78 is 5.31. The van der Waals surface area contributed by atoms with Crippen LogP contribution in [0.15, 0.2) is 18.2 Å². The van der Waals surface area contributed by atoms with E-state index in [1.165, 1.54) is 11.1 Å². The summed E-state index contributed by atoms with van der Waals surface area (Å²) in [5, 5.41) is 0. The van der Waals surface area contributed by atoms with Crippen LogP contribution in [0.5, 0.6) is 5.75 Å². The van der Waals surface area contributed by atoms with Gasteiger partial charge in [0.15, 0.2) is 0 Å². The summed E-state index contributed by atoms with van der Waals surface area (Å²) >= 11 is 5.72. The van der Waals surface area contributed by atoms with E-state index in [0.29, 0.717) is 6.00 Å². The maximum absolute atomic E-state index is 5.72. The van der Waals surface area contributed by atoms with Crippen molar-refractivity contribution >= 4 is 11.6 Å². The summed E-state index contributed by atoms with van der Waals surface area (Å²) in [5.41, 5.74) is 2.51. The first-order valence-corrected chi connectivity index (χ1v) is 5.59. The van der Waals surface area contributed by atoms with Gasteiger partial charge in [-0.05, 0) is 32.0 Å². The fraction of sp³-hybridized carbons (Fsp3) is 0.500. The molecule has 0 amide bonds. The Kier molecular flexibility index (Phi) is 4.92. The van der Waals surface area contributed by atoms with Gasteiger partial charge in [0.05, 0.1) is 13.1 Å². The van der Waals surface area contributed by atoms with E-state index in [9.17, 15) is 0 Å². The molecule has 0 heterocycles. The van der Waals surface area contributed by atoms with E-state index >= 15 is 0 Å². The van der Waals surface area contributed by atoms with Crippen LogP contribution in [0.1, 0.15) is 11.1 Å². The van der Waals surface area contributed by atoms with E-state index in [-0.39, 0.29) is 0 Å². The fourth-order valence-electron chi connectivity index (χ4n) is 1.47. The normalized spacial score (nSPS) is 10.7. The molecule has 0 spiro atoms. The molecule has 0 saturated carbocycles. The van der Waals surface area contributed by atoms with Gasteiger partial charge in [-0.1, -0.05) is 17.7 Å². The number of hydrogen-bond donors (Lipinski definition) is 0.